The molecular formula is C22H24Br2O7. The van der Waals surface area contributed by atoms with Crippen LogP contribution >= 0.6 is 31.9 Å². The minimum absolute atomic E-state index is 0.134. The molecule has 1 N–H and O–H groups in total. The molecule has 0 saturated carbocycles. The Bertz CT molecular complexity index is 983. The van der Waals surface area contributed by atoms with Crippen LogP contribution in [0, 0.1) is 5.92 Å². The molecule has 2 heterocycles. The maximum Gasteiger partial charge on any atom is 0.161 e. The van der Waals surface area contributed by atoms with Crippen LogP contribution in [0.1, 0.15) is 23.3 Å². The summed E-state index contributed by atoms with van der Waals surface area (Å²) >= 11 is 7.19. The molecule has 2 saturated heterocycles. The summed E-state index contributed by atoms with van der Waals surface area (Å²) in [4.78, 5) is 0. The minimum Gasteiger partial charge on any atom is -0.493 e. The molecule has 0 bridgehead atoms. The van der Waals surface area contributed by atoms with Gasteiger partial charge in [0, 0.05) is 20.4 Å². The molecular weight excluding hydrogens is 536 g/mol. The van der Waals surface area contributed by atoms with E-state index in [4.69, 9.17) is 28.4 Å². The van der Waals surface area contributed by atoms with Crippen molar-refractivity contribution in [2.75, 3.05) is 41.7 Å². The number of benzene rings is 2. The third-order valence-corrected chi connectivity index (χ3v) is 7.37. The number of hydrogen-bond donors (Lipinski definition) is 1. The highest BCUT2D eigenvalue weighted by Crippen LogP contribution is 2.56. The second-order valence-corrected chi connectivity index (χ2v) is 9.21. The van der Waals surface area contributed by atoms with Gasteiger partial charge < -0.3 is 33.5 Å². The lowest BCUT2D eigenvalue weighted by atomic mass is 9.81. The van der Waals surface area contributed by atoms with Gasteiger partial charge in [0.1, 0.15) is 11.7 Å². The molecule has 2 aromatic rings. The Labute approximate surface area is 197 Å². The smallest absolute Gasteiger partial charge is 0.161 e. The fourth-order valence-electron chi connectivity index (χ4n) is 4.38. The van der Waals surface area contributed by atoms with E-state index < -0.39 is 11.7 Å². The van der Waals surface area contributed by atoms with Crippen molar-refractivity contribution in [3.05, 3.63) is 44.3 Å². The Morgan fingerprint density at radius 3 is 1.84 bits per heavy atom. The van der Waals surface area contributed by atoms with Crippen molar-refractivity contribution in [1.82, 2.24) is 0 Å². The van der Waals surface area contributed by atoms with Crippen molar-refractivity contribution in [3.63, 3.8) is 0 Å². The van der Waals surface area contributed by atoms with E-state index >= 15 is 0 Å². The van der Waals surface area contributed by atoms with Crippen LogP contribution in [0.5, 0.6) is 23.0 Å². The van der Waals surface area contributed by atoms with Crippen molar-refractivity contribution in [1.29, 1.82) is 0 Å². The molecule has 9 heteroatoms. The van der Waals surface area contributed by atoms with Crippen molar-refractivity contribution in [3.8, 4) is 23.0 Å². The van der Waals surface area contributed by atoms with Gasteiger partial charge >= 0.3 is 0 Å². The fraction of sp³-hybridized carbons (Fsp3) is 0.455. The van der Waals surface area contributed by atoms with E-state index in [2.05, 4.69) is 31.9 Å². The van der Waals surface area contributed by atoms with Gasteiger partial charge in [0.2, 0.25) is 0 Å². The Hall–Kier alpha value is -1.52. The first-order valence-corrected chi connectivity index (χ1v) is 11.2. The molecule has 2 aromatic carbocycles. The predicted molar refractivity (Wildman–Crippen MR) is 120 cm³/mol. The molecule has 0 unspecified atom stereocenters. The lowest BCUT2D eigenvalue weighted by Crippen LogP contribution is -2.39. The van der Waals surface area contributed by atoms with Crippen LogP contribution in [0.15, 0.2) is 33.2 Å². The third-order valence-electron chi connectivity index (χ3n) is 5.99. The number of aliphatic hydroxyl groups is 1. The molecule has 168 valence electrons. The van der Waals surface area contributed by atoms with E-state index in [0.29, 0.717) is 29.6 Å². The van der Waals surface area contributed by atoms with Gasteiger partial charge in [-0.3, -0.25) is 0 Å². The summed E-state index contributed by atoms with van der Waals surface area (Å²) < 4.78 is 35.5. The van der Waals surface area contributed by atoms with E-state index in [-0.39, 0.29) is 18.6 Å². The molecule has 2 aliphatic heterocycles. The van der Waals surface area contributed by atoms with Crippen molar-refractivity contribution in [2.45, 2.75) is 17.8 Å². The quantitative estimate of drug-likeness (QED) is 0.561. The van der Waals surface area contributed by atoms with Gasteiger partial charge in [-0.25, -0.2) is 0 Å². The number of hydrogen-bond acceptors (Lipinski definition) is 7. The first kappa shape index (κ1) is 22.7. The van der Waals surface area contributed by atoms with Gasteiger partial charge in [0.25, 0.3) is 0 Å². The number of ether oxygens (including phenoxy) is 6. The Kier molecular flexibility index (Phi) is 6.42. The predicted octanol–water partition coefficient (Wildman–Crippen LogP) is 4.44. The van der Waals surface area contributed by atoms with Crippen molar-refractivity contribution in [2.24, 2.45) is 5.92 Å². The molecule has 4 rings (SSSR count). The second-order valence-electron chi connectivity index (χ2n) is 7.50. The lowest BCUT2D eigenvalue weighted by molar-refractivity contribution is -0.0632. The highest BCUT2D eigenvalue weighted by Gasteiger charge is 2.60. The van der Waals surface area contributed by atoms with E-state index in [0.717, 1.165) is 20.1 Å². The van der Waals surface area contributed by atoms with Crippen LogP contribution < -0.4 is 18.9 Å². The minimum atomic E-state index is -1.21. The molecule has 2 fully saturated rings. The SMILES string of the molecule is COc1cc(Br)c([C@H]2OC[C@]3(O)[C@@H](c4cc(OC)c(OC)cc4Br)OC[C@H]23)cc1OC. The monoisotopic (exact) mass is 558 g/mol. The van der Waals surface area contributed by atoms with Gasteiger partial charge in [-0.15, -0.1) is 0 Å². The van der Waals surface area contributed by atoms with E-state index in [1.807, 2.05) is 24.3 Å². The summed E-state index contributed by atoms with van der Waals surface area (Å²) in [6, 6.07) is 7.35. The normalized spacial score (nSPS) is 27.1. The van der Waals surface area contributed by atoms with Gasteiger partial charge in [-0.1, -0.05) is 31.9 Å². The summed E-state index contributed by atoms with van der Waals surface area (Å²) in [5, 5.41) is 11.7. The van der Waals surface area contributed by atoms with Crippen LogP contribution in [-0.4, -0.2) is 52.4 Å². The maximum absolute atomic E-state index is 11.7. The lowest BCUT2D eigenvalue weighted by Gasteiger charge is -2.28. The summed E-state index contributed by atoms with van der Waals surface area (Å²) in [6.45, 7) is 0.474. The molecule has 4 atom stereocenters. The Balaban J connectivity index is 1.69. The number of rotatable bonds is 6. The summed E-state index contributed by atoms with van der Waals surface area (Å²) in [7, 11) is 6.33. The number of halogens is 2. The maximum atomic E-state index is 11.7. The fourth-order valence-corrected chi connectivity index (χ4v) is 5.46. The Morgan fingerprint density at radius 1 is 0.806 bits per heavy atom. The summed E-state index contributed by atoms with van der Waals surface area (Å²) in [5.74, 6) is 2.09. The zero-order valence-corrected chi connectivity index (χ0v) is 20.8. The van der Waals surface area contributed by atoms with Crippen LogP contribution in [0.2, 0.25) is 0 Å². The first-order valence-electron chi connectivity index (χ1n) is 9.66. The van der Waals surface area contributed by atoms with Gasteiger partial charge in [-0.05, 0) is 29.8 Å². The summed E-state index contributed by atoms with van der Waals surface area (Å²) in [6.07, 6.45) is -0.960. The molecule has 31 heavy (non-hydrogen) atoms. The highest BCUT2D eigenvalue weighted by atomic mass is 79.9. The molecule has 7 nitrogen and oxygen atoms in total. The Morgan fingerprint density at radius 2 is 1.29 bits per heavy atom. The molecule has 2 aliphatic rings. The van der Waals surface area contributed by atoms with E-state index in [9.17, 15) is 5.11 Å². The largest absolute Gasteiger partial charge is 0.493 e. The van der Waals surface area contributed by atoms with Crippen molar-refractivity contribution < 1.29 is 33.5 Å². The van der Waals surface area contributed by atoms with E-state index in [1.165, 1.54) is 0 Å². The molecule has 0 amide bonds. The first-order chi connectivity index (χ1) is 14.9. The second kappa shape index (κ2) is 8.78. The summed E-state index contributed by atoms with van der Waals surface area (Å²) in [5.41, 5.74) is 0.437. The highest BCUT2D eigenvalue weighted by molar-refractivity contribution is 9.10. The third kappa shape index (κ3) is 3.70. The van der Waals surface area contributed by atoms with Crippen LogP contribution in [0.3, 0.4) is 0 Å². The van der Waals surface area contributed by atoms with Gasteiger partial charge in [0.15, 0.2) is 23.0 Å². The average Bonchev–Trinajstić information content (AvgIpc) is 3.27. The van der Waals surface area contributed by atoms with Crippen molar-refractivity contribution >= 4 is 31.9 Å². The topological polar surface area (TPSA) is 75.6 Å². The molecule has 0 aromatic heterocycles. The van der Waals surface area contributed by atoms with Crippen LogP contribution in [-0.2, 0) is 9.47 Å². The molecule has 0 spiro atoms. The zero-order chi connectivity index (χ0) is 22.3. The number of methoxy groups -OCH3 is 4. The van der Waals surface area contributed by atoms with Gasteiger partial charge in [0.05, 0.1) is 47.8 Å². The average molecular weight is 560 g/mol. The molecule has 0 radical (unpaired) electrons. The van der Waals surface area contributed by atoms with Crippen LogP contribution in [0.4, 0.5) is 0 Å². The standard InChI is InChI=1S/C22H24Br2O7/c1-26-16-5-11(14(23)7-18(16)28-3)20-13-9-30-21(22(13,25)10-31-20)12-6-17(27-2)19(29-4)8-15(12)24/h5-8,13,20-21,25H,9-10H2,1-4H3/t13-,20-,21-,22-/m1/s1. The van der Waals surface area contributed by atoms with E-state index in [1.54, 1.807) is 28.4 Å². The zero-order valence-electron chi connectivity index (χ0n) is 17.6. The number of fused-ring (bicyclic) bond motifs is 1. The van der Waals surface area contributed by atoms with Gasteiger partial charge in [-0.2, -0.15) is 0 Å². The molecule has 0 aliphatic carbocycles. The van der Waals surface area contributed by atoms with Crippen LogP contribution in [0.25, 0.3) is 0 Å².